The van der Waals surface area contributed by atoms with Crippen LogP contribution in [0.2, 0.25) is 0 Å². The van der Waals surface area contributed by atoms with Crippen molar-refractivity contribution in [3.05, 3.63) is 36.2 Å². The molecule has 0 atom stereocenters. The number of anilines is 1. The van der Waals surface area contributed by atoms with Gasteiger partial charge in [0.25, 0.3) is 0 Å². The summed E-state index contributed by atoms with van der Waals surface area (Å²) in [5, 5.41) is 0. The van der Waals surface area contributed by atoms with Crippen molar-refractivity contribution in [1.82, 2.24) is 19.9 Å². The molecule has 120 valence electrons. The molecule has 0 amide bonds. The average Bonchev–Trinajstić information content (AvgIpc) is 3.41. The zero-order valence-corrected chi connectivity index (χ0v) is 13.4. The second kappa shape index (κ2) is 6.10. The molecule has 2 aromatic rings. The molecule has 0 radical (unpaired) electrons. The van der Waals surface area contributed by atoms with Gasteiger partial charge < -0.3 is 9.64 Å². The van der Waals surface area contributed by atoms with Gasteiger partial charge in [0.1, 0.15) is 18.2 Å². The van der Waals surface area contributed by atoms with Gasteiger partial charge in [-0.3, -0.25) is 4.98 Å². The minimum absolute atomic E-state index is 0.201. The molecule has 0 unspecified atom stereocenters. The number of rotatable bonds is 4. The lowest BCUT2D eigenvalue weighted by Gasteiger charge is -2.32. The van der Waals surface area contributed by atoms with E-state index in [0.29, 0.717) is 11.8 Å². The van der Waals surface area contributed by atoms with Crippen LogP contribution in [0.5, 0.6) is 5.88 Å². The Morgan fingerprint density at radius 1 is 1.09 bits per heavy atom. The molecule has 1 aliphatic heterocycles. The van der Waals surface area contributed by atoms with E-state index in [-0.39, 0.29) is 6.10 Å². The van der Waals surface area contributed by atoms with Crippen molar-refractivity contribution in [2.24, 2.45) is 0 Å². The van der Waals surface area contributed by atoms with Crippen molar-refractivity contribution in [2.75, 3.05) is 18.0 Å². The standard InChI is InChI=1S/C17H21N5O/c1-12-9-18-10-17(21-12)23-14-4-6-22(7-5-14)16-8-15(13-2-3-13)19-11-20-16/h8-11,13-14H,2-7H2,1H3. The van der Waals surface area contributed by atoms with E-state index in [1.807, 2.05) is 6.92 Å². The Morgan fingerprint density at radius 3 is 2.65 bits per heavy atom. The van der Waals surface area contributed by atoms with Crippen molar-refractivity contribution in [1.29, 1.82) is 0 Å². The lowest BCUT2D eigenvalue weighted by Crippen LogP contribution is -2.38. The predicted molar refractivity (Wildman–Crippen MR) is 86.6 cm³/mol. The summed E-state index contributed by atoms with van der Waals surface area (Å²) in [6, 6.07) is 2.16. The van der Waals surface area contributed by atoms with E-state index in [9.17, 15) is 0 Å². The number of hydrogen-bond acceptors (Lipinski definition) is 6. The SMILES string of the molecule is Cc1cncc(OC2CCN(c3cc(C4CC4)ncn3)CC2)n1. The Balaban J connectivity index is 1.36. The predicted octanol–water partition coefficient (Wildman–Crippen LogP) is 2.50. The fraction of sp³-hybridized carbons (Fsp3) is 0.529. The first-order valence-electron chi connectivity index (χ1n) is 8.30. The Labute approximate surface area is 136 Å². The molecule has 1 saturated carbocycles. The molecular formula is C17H21N5O. The molecule has 0 bridgehead atoms. The average molecular weight is 311 g/mol. The van der Waals surface area contributed by atoms with Gasteiger partial charge in [0.15, 0.2) is 0 Å². The first-order valence-corrected chi connectivity index (χ1v) is 8.30. The third-order valence-electron chi connectivity index (χ3n) is 4.46. The number of piperidine rings is 1. The van der Waals surface area contributed by atoms with Crippen molar-refractivity contribution >= 4 is 5.82 Å². The molecule has 1 aliphatic carbocycles. The molecule has 4 rings (SSSR count). The molecule has 2 aromatic heterocycles. The summed E-state index contributed by atoms with van der Waals surface area (Å²) in [5.41, 5.74) is 2.08. The van der Waals surface area contributed by atoms with Crippen LogP contribution in [0.4, 0.5) is 5.82 Å². The molecule has 2 fully saturated rings. The van der Waals surface area contributed by atoms with Gasteiger partial charge in [-0.1, -0.05) is 0 Å². The maximum atomic E-state index is 5.96. The van der Waals surface area contributed by atoms with Crippen LogP contribution in [0.25, 0.3) is 0 Å². The van der Waals surface area contributed by atoms with Crippen molar-refractivity contribution in [3.63, 3.8) is 0 Å². The van der Waals surface area contributed by atoms with Gasteiger partial charge in [-0.05, 0) is 19.8 Å². The van der Waals surface area contributed by atoms with Gasteiger partial charge in [-0.15, -0.1) is 0 Å². The van der Waals surface area contributed by atoms with Crippen molar-refractivity contribution in [3.8, 4) is 5.88 Å². The summed E-state index contributed by atoms with van der Waals surface area (Å²) in [6.45, 7) is 3.82. The highest BCUT2D eigenvalue weighted by atomic mass is 16.5. The lowest BCUT2D eigenvalue weighted by atomic mass is 10.1. The Kier molecular flexibility index (Phi) is 3.81. The zero-order chi connectivity index (χ0) is 15.6. The van der Waals surface area contributed by atoms with Gasteiger partial charge in [-0.2, -0.15) is 0 Å². The second-order valence-corrected chi connectivity index (χ2v) is 6.38. The van der Waals surface area contributed by atoms with E-state index >= 15 is 0 Å². The summed E-state index contributed by atoms with van der Waals surface area (Å²) in [7, 11) is 0. The van der Waals surface area contributed by atoms with Crippen LogP contribution in [0.3, 0.4) is 0 Å². The summed E-state index contributed by atoms with van der Waals surface area (Å²) in [5.74, 6) is 2.34. The fourth-order valence-electron chi connectivity index (χ4n) is 3.01. The zero-order valence-electron chi connectivity index (χ0n) is 13.4. The van der Waals surface area contributed by atoms with Gasteiger partial charge in [0.2, 0.25) is 5.88 Å². The Bertz CT molecular complexity index is 680. The highest BCUT2D eigenvalue weighted by Crippen LogP contribution is 2.39. The monoisotopic (exact) mass is 311 g/mol. The molecular weight excluding hydrogens is 290 g/mol. The number of aryl methyl sites for hydroxylation is 1. The summed E-state index contributed by atoms with van der Waals surface area (Å²) >= 11 is 0. The molecule has 0 spiro atoms. The quantitative estimate of drug-likeness (QED) is 0.864. The summed E-state index contributed by atoms with van der Waals surface area (Å²) < 4.78 is 5.96. The number of ether oxygens (including phenoxy) is 1. The van der Waals surface area contributed by atoms with Gasteiger partial charge in [-0.25, -0.2) is 15.0 Å². The van der Waals surface area contributed by atoms with Crippen LogP contribution in [0.15, 0.2) is 24.8 Å². The Morgan fingerprint density at radius 2 is 1.91 bits per heavy atom. The van der Waals surface area contributed by atoms with Crippen LogP contribution in [0.1, 0.15) is 43.0 Å². The normalized spacial score (nSPS) is 18.9. The maximum absolute atomic E-state index is 5.96. The largest absolute Gasteiger partial charge is 0.473 e. The minimum Gasteiger partial charge on any atom is -0.473 e. The van der Waals surface area contributed by atoms with E-state index in [0.717, 1.165) is 37.4 Å². The van der Waals surface area contributed by atoms with Gasteiger partial charge >= 0.3 is 0 Å². The fourth-order valence-corrected chi connectivity index (χ4v) is 3.01. The minimum atomic E-state index is 0.201. The summed E-state index contributed by atoms with van der Waals surface area (Å²) in [6.07, 6.45) is 9.80. The molecule has 6 heteroatoms. The highest BCUT2D eigenvalue weighted by molar-refractivity contribution is 5.40. The van der Waals surface area contributed by atoms with Crippen LogP contribution in [-0.2, 0) is 0 Å². The number of nitrogens with zero attached hydrogens (tertiary/aromatic N) is 5. The second-order valence-electron chi connectivity index (χ2n) is 6.38. The highest BCUT2D eigenvalue weighted by Gasteiger charge is 2.27. The number of hydrogen-bond donors (Lipinski definition) is 0. The molecule has 2 aliphatic rings. The molecule has 3 heterocycles. The van der Waals surface area contributed by atoms with Gasteiger partial charge in [0.05, 0.1) is 11.9 Å². The molecule has 6 nitrogen and oxygen atoms in total. The first-order chi connectivity index (χ1) is 11.3. The van der Waals surface area contributed by atoms with E-state index in [1.54, 1.807) is 18.7 Å². The molecule has 0 N–H and O–H groups in total. The lowest BCUT2D eigenvalue weighted by molar-refractivity contribution is 0.163. The smallest absolute Gasteiger partial charge is 0.232 e. The summed E-state index contributed by atoms with van der Waals surface area (Å²) in [4.78, 5) is 19.7. The molecule has 0 aromatic carbocycles. The molecule has 23 heavy (non-hydrogen) atoms. The van der Waals surface area contributed by atoms with Crippen LogP contribution < -0.4 is 9.64 Å². The van der Waals surface area contributed by atoms with E-state index in [1.165, 1.54) is 18.5 Å². The van der Waals surface area contributed by atoms with Crippen LogP contribution in [-0.4, -0.2) is 39.1 Å². The third kappa shape index (κ3) is 3.41. The van der Waals surface area contributed by atoms with Crippen molar-refractivity contribution < 1.29 is 4.74 Å². The van der Waals surface area contributed by atoms with E-state index in [4.69, 9.17) is 4.74 Å². The van der Waals surface area contributed by atoms with Crippen LogP contribution >= 0.6 is 0 Å². The Hall–Kier alpha value is -2.24. The topological polar surface area (TPSA) is 64.0 Å². The molecule has 1 saturated heterocycles. The van der Waals surface area contributed by atoms with Crippen LogP contribution in [0, 0.1) is 6.92 Å². The third-order valence-corrected chi connectivity index (χ3v) is 4.46. The van der Waals surface area contributed by atoms with Gasteiger partial charge in [0, 0.05) is 49.8 Å². The number of aromatic nitrogens is 4. The van der Waals surface area contributed by atoms with Crippen molar-refractivity contribution in [2.45, 2.75) is 44.6 Å². The van der Waals surface area contributed by atoms with E-state index in [2.05, 4.69) is 30.9 Å². The first kappa shape index (κ1) is 14.4. The maximum Gasteiger partial charge on any atom is 0.232 e. The van der Waals surface area contributed by atoms with E-state index < -0.39 is 0 Å².